The van der Waals surface area contributed by atoms with Crippen LogP contribution in [0.1, 0.15) is 47.5 Å². The Kier molecular flexibility index (Phi) is 8.49. The summed E-state index contributed by atoms with van der Waals surface area (Å²) < 4.78 is 45.6. The molecule has 166 valence electrons. The molecule has 1 heterocycles. The molecule has 0 aromatic carbocycles. The zero-order chi connectivity index (χ0) is 22.5. The van der Waals surface area contributed by atoms with Crippen molar-refractivity contribution >= 4 is 23.7 Å². The Bertz CT molecular complexity index is 654. The second kappa shape index (κ2) is 9.95. The fraction of sp³-hybridized carbons (Fsp3) is 0.778. The zero-order valence-electron chi connectivity index (χ0n) is 17.2. The number of aliphatic imine (C=N–C) groups is 1. The van der Waals surface area contributed by atoms with Crippen LogP contribution in [0.15, 0.2) is 4.99 Å². The fourth-order valence-corrected chi connectivity index (χ4v) is 3.49. The van der Waals surface area contributed by atoms with Crippen molar-refractivity contribution in [3.63, 3.8) is 0 Å². The zero-order valence-corrected chi connectivity index (χ0v) is 17.2. The number of alkyl halides is 2. The minimum Gasteiger partial charge on any atom is -0.459 e. The topological polar surface area (TPSA) is 143 Å². The maximum absolute atomic E-state index is 15.0. The normalized spacial score (nSPS) is 31.3. The molecule has 29 heavy (non-hydrogen) atoms. The van der Waals surface area contributed by atoms with E-state index in [-0.39, 0.29) is 18.6 Å². The monoisotopic (exact) mass is 421 g/mol. The lowest BCUT2D eigenvalue weighted by atomic mass is 9.78. The molecule has 0 aromatic rings. The average Bonchev–Trinajstić information content (AvgIpc) is 2.56. The number of esters is 2. The average molecular weight is 421 g/mol. The molecule has 0 spiro atoms. The first kappa shape index (κ1) is 24.7. The third-order valence-corrected chi connectivity index (χ3v) is 4.55. The van der Waals surface area contributed by atoms with Crippen LogP contribution in [-0.4, -0.2) is 60.1 Å². The van der Waals surface area contributed by atoms with Gasteiger partial charge >= 0.3 is 11.9 Å². The highest BCUT2D eigenvalue weighted by molar-refractivity contribution is 5.77. The van der Waals surface area contributed by atoms with Gasteiger partial charge in [-0.1, -0.05) is 6.92 Å². The van der Waals surface area contributed by atoms with Crippen molar-refractivity contribution in [1.29, 1.82) is 0 Å². The Morgan fingerprint density at radius 1 is 1.17 bits per heavy atom. The van der Waals surface area contributed by atoms with Gasteiger partial charge in [-0.2, -0.15) is 0 Å². The highest BCUT2D eigenvalue weighted by atomic mass is 19.2. The molecule has 2 unspecified atom stereocenters. The van der Waals surface area contributed by atoms with Crippen molar-refractivity contribution in [3.8, 4) is 0 Å². The quantitative estimate of drug-likeness (QED) is 0.334. The number of rotatable bonds is 8. The van der Waals surface area contributed by atoms with Crippen LogP contribution in [0.3, 0.4) is 0 Å². The maximum atomic E-state index is 15.0. The van der Waals surface area contributed by atoms with Crippen LogP contribution >= 0.6 is 0 Å². The number of nitrogens with two attached hydrogens (primary N) is 2. The molecule has 0 bridgehead atoms. The lowest BCUT2D eigenvalue weighted by Gasteiger charge is -2.47. The van der Waals surface area contributed by atoms with Crippen molar-refractivity contribution < 1.29 is 37.4 Å². The molecule has 1 aliphatic heterocycles. The summed E-state index contributed by atoms with van der Waals surface area (Å²) in [6, 6.07) is -1.48. The molecule has 0 aromatic heterocycles. The van der Waals surface area contributed by atoms with Crippen molar-refractivity contribution in [3.05, 3.63) is 0 Å². The molecule has 1 fully saturated rings. The van der Waals surface area contributed by atoms with Crippen LogP contribution in [0.5, 0.6) is 0 Å². The standard InChI is InChI=1S/C18H29F2N3O6/c1-6-12(27-9(3)25)15(28-10(4)26)14-11(7-8(2)24)13(23-17(21)22)16(19)18(5,20)29-14/h11-16H,6-7H2,1-5H3,(H4,21,22,23)/t11-,12-,13+,14?,15-,16?,18+/m1/s1. The summed E-state index contributed by atoms with van der Waals surface area (Å²) in [6.07, 6.45) is -6.09. The van der Waals surface area contributed by atoms with Crippen molar-refractivity contribution in [2.75, 3.05) is 0 Å². The minimum absolute atomic E-state index is 0.180. The van der Waals surface area contributed by atoms with Gasteiger partial charge in [-0.25, -0.2) is 13.8 Å². The Labute approximate surface area is 168 Å². The van der Waals surface area contributed by atoms with Crippen LogP contribution in [0.25, 0.3) is 0 Å². The van der Waals surface area contributed by atoms with E-state index in [9.17, 15) is 23.2 Å². The number of hydrogen-bond acceptors (Lipinski definition) is 7. The van der Waals surface area contributed by atoms with E-state index in [0.29, 0.717) is 0 Å². The molecule has 4 N–H and O–H groups in total. The molecule has 1 saturated heterocycles. The molecule has 9 nitrogen and oxygen atoms in total. The van der Waals surface area contributed by atoms with E-state index in [0.717, 1.165) is 20.8 Å². The summed E-state index contributed by atoms with van der Waals surface area (Å²) in [5.74, 6) is -6.22. The molecule has 0 aliphatic carbocycles. The smallest absolute Gasteiger partial charge is 0.303 e. The predicted octanol–water partition coefficient (Wildman–Crippen LogP) is 0.920. The number of guanidine groups is 1. The number of ether oxygens (including phenoxy) is 3. The van der Waals surface area contributed by atoms with Crippen LogP contribution in [0.2, 0.25) is 0 Å². The molecule has 7 atom stereocenters. The van der Waals surface area contributed by atoms with E-state index in [1.807, 2.05) is 0 Å². The van der Waals surface area contributed by atoms with E-state index >= 15 is 0 Å². The van der Waals surface area contributed by atoms with E-state index in [2.05, 4.69) is 4.99 Å². The van der Waals surface area contributed by atoms with Gasteiger partial charge in [-0.15, -0.1) is 0 Å². The van der Waals surface area contributed by atoms with Crippen molar-refractivity contribution in [2.45, 2.75) is 83.8 Å². The van der Waals surface area contributed by atoms with Crippen LogP contribution < -0.4 is 11.5 Å². The molecular weight excluding hydrogens is 392 g/mol. The van der Waals surface area contributed by atoms with Gasteiger partial charge in [0.15, 0.2) is 18.2 Å². The van der Waals surface area contributed by atoms with Gasteiger partial charge in [0, 0.05) is 26.2 Å². The summed E-state index contributed by atoms with van der Waals surface area (Å²) >= 11 is 0. The maximum Gasteiger partial charge on any atom is 0.303 e. The van der Waals surface area contributed by atoms with Crippen molar-refractivity contribution in [1.82, 2.24) is 0 Å². The number of halogens is 2. The fourth-order valence-electron chi connectivity index (χ4n) is 3.49. The van der Waals surface area contributed by atoms with Gasteiger partial charge in [0.05, 0.1) is 6.04 Å². The first-order valence-electron chi connectivity index (χ1n) is 9.23. The summed E-state index contributed by atoms with van der Waals surface area (Å²) in [6.45, 7) is 6.01. The van der Waals surface area contributed by atoms with Crippen molar-refractivity contribution in [2.24, 2.45) is 22.4 Å². The van der Waals surface area contributed by atoms with E-state index < -0.39 is 60.2 Å². The van der Waals surface area contributed by atoms with Crippen LogP contribution in [0.4, 0.5) is 8.78 Å². The molecule has 0 amide bonds. The summed E-state index contributed by atoms with van der Waals surface area (Å²) in [7, 11) is 0. The Balaban J connectivity index is 3.53. The molecule has 1 rings (SSSR count). The number of carbonyl (C=O) groups is 3. The van der Waals surface area contributed by atoms with Gasteiger partial charge in [-0.3, -0.25) is 9.59 Å². The third kappa shape index (κ3) is 6.62. The summed E-state index contributed by atoms with van der Waals surface area (Å²) in [4.78, 5) is 38.8. The molecule has 1 aliphatic rings. The SMILES string of the molecule is CC[C@@H](OC(C)=O)[C@@H](OC(C)=O)C1O[C@](C)(F)C(F)[C@@H](N=C(N)N)[C@H]1CC(C)=O. The lowest BCUT2D eigenvalue weighted by Crippen LogP contribution is -2.62. The number of carbonyl (C=O) groups excluding carboxylic acids is 3. The number of ketones is 1. The highest BCUT2D eigenvalue weighted by Crippen LogP contribution is 2.42. The molecule has 0 saturated carbocycles. The largest absolute Gasteiger partial charge is 0.459 e. The third-order valence-electron chi connectivity index (χ3n) is 4.55. The van der Waals surface area contributed by atoms with Crippen LogP contribution in [-0.2, 0) is 28.6 Å². The van der Waals surface area contributed by atoms with Gasteiger partial charge in [0.1, 0.15) is 18.0 Å². The first-order chi connectivity index (χ1) is 13.3. The van der Waals surface area contributed by atoms with E-state index in [4.69, 9.17) is 25.7 Å². The second-order valence-electron chi connectivity index (χ2n) is 7.21. The van der Waals surface area contributed by atoms with Gasteiger partial charge < -0.3 is 30.5 Å². The summed E-state index contributed by atoms with van der Waals surface area (Å²) in [5.41, 5.74) is 10.8. The van der Waals surface area contributed by atoms with Gasteiger partial charge in [-0.05, 0) is 20.3 Å². The molecular formula is C18H29F2N3O6. The lowest BCUT2D eigenvalue weighted by molar-refractivity contribution is -0.282. The molecule has 0 radical (unpaired) electrons. The highest BCUT2D eigenvalue weighted by Gasteiger charge is 2.57. The summed E-state index contributed by atoms with van der Waals surface area (Å²) in [5, 5.41) is 0. The Morgan fingerprint density at radius 2 is 1.72 bits per heavy atom. The van der Waals surface area contributed by atoms with Gasteiger partial charge in [0.25, 0.3) is 0 Å². The Morgan fingerprint density at radius 3 is 2.14 bits per heavy atom. The number of hydrogen-bond donors (Lipinski definition) is 2. The minimum atomic E-state index is -2.85. The number of Topliss-reactive ketones (excluding diaryl/α,β-unsaturated/α-hetero) is 1. The Hall–Kier alpha value is -2.30. The first-order valence-corrected chi connectivity index (χ1v) is 9.23. The van der Waals surface area contributed by atoms with E-state index in [1.165, 1.54) is 6.92 Å². The predicted molar refractivity (Wildman–Crippen MR) is 99.1 cm³/mol. The van der Waals surface area contributed by atoms with Crippen LogP contribution in [0, 0.1) is 5.92 Å². The number of nitrogens with zero attached hydrogens (tertiary/aromatic N) is 1. The second-order valence-corrected chi connectivity index (χ2v) is 7.21. The van der Waals surface area contributed by atoms with E-state index in [1.54, 1.807) is 6.92 Å². The van der Waals surface area contributed by atoms with Gasteiger partial charge in [0.2, 0.25) is 5.85 Å². The molecule has 11 heteroatoms.